The van der Waals surface area contributed by atoms with E-state index in [1.807, 2.05) is 29.2 Å². The molecule has 0 saturated carbocycles. The summed E-state index contributed by atoms with van der Waals surface area (Å²) in [6.07, 6.45) is 2.05. The molecular formula is C28H26BrN3OS. The molecule has 1 aliphatic carbocycles. The summed E-state index contributed by atoms with van der Waals surface area (Å²) in [5, 5.41) is 12.5. The van der Waals surface area contributed by atoms with Crippen LogP contribution in [0.4, 0.5) is 5.69 Å². The van der Waals surface area contributed by atoms with E-state index in [4.69, 9.17) is 5.73 Å². The zero-order valence-electron chi connectivity index (χ0n) is 19.5. The highest BCUT2D eigenvalue weighted by molar-refractivity contribution is 9.10. The van der Waals surface area contributed by atoms with Crippen LogP contribution < -0.4 is 10.6 Å². The van der Waals surface area contributed by atoms with Crippen LogP contribution in [0.15, 0.2) is 75.7 Å². The molecule has 0 spiro atoms. The van der Waals surface area contributed by atoms with Crippen LogP contribution in [0.3, 0.4) is 0 Å². The zero-order chi connectivity index (χ0) is 24.2. The molecule has 0 fully saturated rings. The van der Waals surface area contributed by atoms with E-state index in [-0.39, 0.29) is 11.2 Å². The fraction of sp³-hybridized carbons (Fsp3) is 0.286. The quantitative estimate of drug-likeness (QED) is 0.388. The van der Waals surface area contributed by atoms with Gasteiger partial charge in [-0.2, -0.15) is 5.26 Å². The number of hydrogen-bond acceptors (Lipinski definition) is 5. The average molecular weight is 533 g/mol. The van der Waals surface area contributed by atoms with Crippen LogP contribution in [0.1, 0.15) is 49.3 Å². The molecule has 34 heavy (non-hydrogen) atoms. The molecule has 0 bridgehead atoms. The fourth-order valence-corrected chi connectivity index (χ4v) is 7.32. The monoisotopic (exact) mass is 531 g/mol. The lowest BCUT2D eigenvalue weighted by molar-refractivity contribution is -0.118. The minimum Gasteiger partial charge on any atom is -0.384 e. The molecule has 0 radical (unpaired) electrons. The molecule has 2 aromatic carbocycles. The van der Waals surface area contributed by atoms with Crippen molar-refractivity contribution in [2.45, 2.75) is 46.0 Å². The number of benzene rings is 2. The molecule has 6 heteroatoms. The Kier molecular flexibility index (Phi) is 5.66. The number of carbonyl (C=O) groups is 1. The molecule has 1 atom stereocenters. The summed E-state index contributed by atoms with van der Waals surface area (Å²) in [4.78, 5) is 17.9. The van der Waals surface area contributed by atoms with Gasteiger partial charge in [-0.1, -0.05) is 57.2 Å². The smallest absolute Gasteiger partial charge is 0.162 e. The standard InChI is InChI=1S/C28H26BrN3OS/c1-4-23-19(29)12-24(34-23)25-18(15-30)27(31)32(21-13-28(2,3)14-22(33)26(21)25)20-11-7-9-16-8-5-6-10-17(16)20/h5-12,25H,4,13-14,31H2,1-3H3. The Balaban J connectivity index is 1.82. The summed E-state index contributed by atoms with van der Waals surface area (Å²) >= 11 is 5.32. The van der Waals surface area contributed by atoms with Crippen LogP contribution in [-0.4, -0.2) is 5.78 Å². The first-order valence-corrected chi connectivity index (χ1v) is 13.1. The van der Waals surface area contributed by atoms with Crippen molar-refractivity contribution in [3.63, 3.8) is 0 Å². The van der Waals surface area contributed by atoms with E-state index >= 15 is 0 Å². The Morgan fingerprint density at radius 2 is 1.94 bits per heavy atom. The number of fused-ring (bicyclic) bond motifs is 1. The van der Waals surface area contributed by atoms with Gasteiger partial charge in [-0.3, -0.25) is 9.69 Å². The van der Waals surface area contributed by atoms with E-state index in [1.54, 1.807) is 11.3 Å². The Morgan fingerprint density at radius 1 is 1.21 bits per heavy atom. The first-order chi connectivity index (χ1) is 16.3. The van der Waals surface area contributed by atoms with E-state index < -0.39 is 5.92 Å². The third-order valence-electron chi connectivity index (χ3n) is 6.77. The number of anilines is 1. The van der Waals surface area contributed by atoms with Crippen molar-refractivity contribution in [2.24, 2.45) is 11.1 Å². The van der Waals surface area contributed by atoms with Gasteiger partial charge < -0.3 is 5.73 Å². The highest BCUT2D eigenvalue weighted by Gasteiger charge is 2.45. The Hall–Kier alpha value is -2.88. The number of nitrogens with zero attached hydrogens (tertiary/aromatic N) is 2. The second-order valence-corrected chi connectivity index (χ2v) is 11.8. The molecule has 1 unspecified atom stereocenters. The van der Waals surface area contributed by atoms with Crippen molar-refractivity contribution in [1.82, 2.24) is 0 Å². The second-order valence-electron chi connectivity index (χ2n) is 9.75. The molecule has 4 nitrogen and oxygen atoms in total. The number of thiophene rings is 1. The number of allylic oxidation sites excluding steroid dienone is 3. The summed E-state index contributed by atoms with van der Waals surface area (Å²) in [6, 6.07) is 18.7. The number of hydrogen-bond donors (Lipinski definition) is 1. The highest BCUT2D eigenvalue weighted by Crippen LogP contribution is 2.52. The molecule has 2 aliphatic rings. The van der Waals surface area contributed by atoms with Gasteiger partial charge in [0.15, 0.2) is 5.78 Å². The predicted molar refractivity (Wildman–Crippen MR) is 142 cm³/mol. The molecule has 2 heterocycles. The first-order valence-electron chi connectivity index (χ1n) is 11.5. The van der Waals surface area contributed by atoms with Gasteiger partial charge in [0, 0.05) is 37.3 Å². The zero-order valence-corrected chi connectivity index (χ0v) is 21.9. The Labute approximate surface area is 212 Å². The van der Waals surface area contributed by atoms with Gasteiger partial charge in [0.05, 0.1) is 23.2 Å². The van der Waals surface area contributed by atoms with Gasteiger partial charge >= 0.3 is 0 Å². The van der Waals surface area contributed by atoms with Crippen molar-refractivity contribution in [1.29, 1.82) is 5.26 Å². The maximum absolute atomic E-state index is 13.7. The molecule has 1 aliphatic heterocycles. The van der Waals surface area contributed by atoms with Gasteiger partial charge in [-0.25, -0.2) is 0 Å². The summed E-state index contributed by atoms with van der Waals surface area (Å²) in [6.45, 7) is 6.36. The molecule has 5 rings (SSSR count). The lowest BCUT2D eigenvalue weighted by atomic mass is 9.69. The number of rotatable bonds is 3. The van der Waals surface area contributed by atoms with Crippen molar-refractivity contribution in [3.8, 4) is 6.07 Å². The largest absolute Gasteiger partial charge is 0.384 e. The molecule has 3 aromatic rings. The van der Waals surface area contributed by atoms with Crippen LogP contribution in [0.5, 0.6) is 0 Å². The Bertz CT molecular complexity index is 1430. The minimum absolute atomic E-state index is 0.101. The van der Waals surface area contributed by atoms with Crippen molar-refractivity contribution in [3.05, 3.63) is 85.4 Å². The summed E-state index contributed by atoms with van der Waals surface area (Å²) in [5.74, 6) is 0.0800. The summed E-state index contributed by atoms with van der Waals surface area (Å²) < 4.78 is 1.02. The van der Waals surface area contributed by atoms with Crippen molar-refractivity contribution in [2.75, 3.05) is 4.90 Å². The van der Waals surface area contributed by atoms with Crippen LogP contribution in [0.25, 0.3) is 10.8 Å². The molecule has 1 aromatic heterocycles. The fourth-order valence-electron chi connectivity index (χ4n) is 5.28. The van der Waals surface area contributed by atoms with E-state index in [1.165, 1.54) is 4.88 Å². The van der Waals surface area contributed by atoms with E-state index in [9.17, 15) is 10.1 Å². The lowest BCUT2D eigenvalue weighted by Crippen LogP contribution is -2.42. The molecule has 0 saturated heterocycles. The molecule has 172 valence electrons. The molecular weight excluding hydrogens is 506 g/mol. The number of aryl methyl sites for hydroxylation is 1. The summed E-state index contributed by atoms with van der Waals surface area (Å²) in [7, 11) is 0. The summed E-state index contributed by atoms with van der Waals surface area (Å²) in [5.41, 5.74) is 9.62. The minimum atomic E-state index is -0.434. The SMILES string of the molecule is CCc1sc(C2C(C#N)=C(N)N(c3cccc4ccccc34)C3=C2C(=O)CC(C)(C)C3)cc1Br. The number of carbonyl (C=O) groups excluding carboxylic acids is 1. The van der Waals surface area contributed by atoms with Gasteiger partial charge in [-0.05, 0) is 51.7 Å². The van der Waals surface area contributed by atoms with Gasteiger partial charge in [0.25, 0.3) is 0 Å². The van der Waals surface area contributed by atoms with Gasteiger partial charge in [0.1, 0.15) is 5.82 Å². The number of nitriles is 1. The average Bonchev–Trinajstić information content (AvgIpc) is 3.17. The van der Waals surface area contributed by atoms with E-state index in [0.29, 0.717) is 24.2 Å². The second kappa shape index (κ2) is 8.41. The maximum Gasteiger partial charge on any atom is 0.162 e. The highest BCUT2D eigenvalue weighted by atomic mass is 79.9. The predicted octanol–water partition coefficient (Wildman–Crippen LogP) is 7.17. The maximum atomic E-state index is 13.7. The van der Waals surface area contributed by atoms with Gasteiger partial charge in [-0.15, -0.1) is 11.3 Å². The third-order valence-corrected chi connectivity index (χ3v) is 9.08. The Morgan fingerprint density at radius 3 is 2.65 bits per heavy atom. The number of Topliss-reactive ketones (excluding diaryl/α,β-unsaturated/α-hetero) is 1. The lowest BCUT2D eigenvalue weighted by Gasteiger charge is -2.43. The normalized spacial score (nSPS) is 20.0. The number of halogens is 1. The first kappa shape index (κ1) is 22.9. The van der Waals surface area contributed by atoms with Crippen LogP contribution in [0, 0.1) is 16.7 Å². The van der Waals surface area contributed by atoms with E-state index in [0.717, 1.165) is 43.5 Å². The van der Waals surface area contributed by atoms with Crippen LogP contribution in [0.2, 0.25) is 0 Å². The van der Waals surface area contributed by atoms with Crippen LogP contribution in [-0.2, 0) is 11.2 Å². The topological polar surface area (TPSA) is 70.1 Å². The number of nitrogens with two attached hydrogens (primary N) is 1. The third kappa shape index (κ3) is 3.59. The van der Waals surface area contributed by atoms with Crippen molar-refractivity contribution >= 4 is 49.5 Å². The molecule has 0 amide bonds. The van der Waals surface area contributed by atoms with Crippen LogP contribution >= 0.6 is 27.3 Å². The van der Waals surface area contributed by atoms with Gasteiger partial charge in [0.2, 0.25) is 0 Å². The molecule has 2 N–H and O–H groups in total. The number of ketones is 1. The van der Waals surface area contributed by atoms with E-state index in [2.05, 4.69) is 67.0 Å². The van der Waals surface area contributed by atoms with Crippen molar-refractivity contribution < 1.29 is 4.79 Å².